The summed E-state index contributed by atoms with van der Waals surface area (Å²) >= 11 is 0. The highest BCUT2D eigenvalue weighted by Gasteiger charge is 2.27. The van der Waals surface area contributed by atoms with Gasteiger partial charge in [0.1, 0.15) is 5.69 Å². The molecule has 5 nitrogen and oxygen atoms in total. The number of amides is 1. The molecule has 1 atom stereocenters. The first kappa shape index (κ1) is 11.1. The molecule has 88 valence electrons. The normalized spacial score (nSPS) is 20.4. The zero-order valence-electron chi connectivity index (χ0n) is 9.68. The van der Waals surface area contributed by atoms with Crippen LogP contribution in [0.5, 0.6) is 0 Å². The average Bonchev–Trinajstić information content (AvgIpc) is 2.84. The van der Waals surface area contributed by atoms with Crippen LogP contribution in [0.3, 0.4) is 0 Å². The topological polar surface area (TPSA) is 58.4 Å². The van der Waals surface area contributed by atoms with Gasteiger partial charge in [-0.05, 0) is 19.4 Å². The van der Waals surface area contributed by atoms with Gasteiger partial charge in [-0.15, -0.1) is 0 Å². The van der Waals surface area contributed by atoms with E-state index in [1.54, 1.807) is 22.7 Å². The molecule has 0 aromatic carbocycles. The molecule has 0 bridgehead atoms. The zero-order valence-corrected chi connectivity index (χ0v) is 9.68. The van der Waals surface area contributed by atoms with Crippen molar-refractivity contribution in [2.75, 3.05) is 19.7 Å². The van der Waals surface area contributed by atoms with Crippen molar-refractivity contribution in [3.05, 3.63) is 17.5 Å². The number of aryl methyl sites for hydroxylation is 2. The number of nitrogens with zero attached hydrogens (tertiary/aromatic N) is 3. The number of aromatic nitrogens is 2. The third kappa shape index (κ3) is 1.95. The molecule has 1 aliphatic heterocycles. The second kappa shape index (κ2) is 4.25. The van der Waals surface area contributed by atoms with Crippen LogP contribution in [0.2, 0.25) is 0 Å². The number of likely N-dealkylation sites (tertiary alicyclic amines) is 1. The molecule has 1 saturated heterocycles. The molecule has 1 aromatic rings. The summed E-state index contributed by atoms with van der Waals surface area (Å²) in [4.78, 5) is 13.9. The highest BCUT2D eigenvalue weighted by molar-refractivity contribution is 5.92. The smallest absolute Gasteiger partial charge is 0.272 e. The molecule has 0 spiro atoms. The van der Waals surface area contributed by atoms with Crippen molar-refractivity contribution in [2.45, 2.75) is 13.3 Å². The predicted molar refractivity (Wildman–Crippen MR) is 59.0 cm³/mol. The van der Waals surface area contributed by atoms with Crippen molar-refractivity contribution in [3.8, 4) is 0 Å². The summed E-state index contributed by atoms with van der Waals surface area (Å²) in [6, 6.07) is 1.80. The van der Waals surface area contributed by atoms with Gasteiger partial charge in [-0.25, -0.2) is 0 Å². The van der Waals surface area contributed by atoms with Crippen molar-refractivity contribution in [1.29, 1.82) is 0 Å². The lowest BCUT2D eigenvalue weighted by Gasteiger charge is -2.15. The van der Waals surface area contributed by atoms with Crippen LogP contribution in [0.25, 0.3) is 0 Å². The molecule has 0 unspecified atom stereocenters. The summed E-state index contributed by atoms with van der Waals surface area (Å²) in [5.41, 5.74) is 1.47. The maximum atomic E-state index is 12.1. The highest BCUT2D eigenvalue weighted by atomic mass is 16.3. The average molecular weight is 223 g/mol. The van der Waals surface area contributed by atoms with Crippen LogP contribution in [-0.4, -0.2) is 45.4 Å². The van der Waals surface area contributed by atoms with E-state index < -0.39 is 0 Å². The van der Waals surface area contributed by atoms with E-state index in [-0.39, 0.29) is 18.4 Å². The van der Waals surface area contributed by atoms with Gasteiger partial charge >= 0.3 is 0 Å². The van der Waals surface area contributed by atoms with E-state index in [0.717, 1.165) is 18.7 Å². The molecule has 2 heterocycles. The van der Waals surface area contributed by atoms with Crippen LogP contribution >= 0.6 is 0 Å². The second-order valence-electron chi connectivity index (χ2n) is 4.38. The first-order valence-electron chi connectivity index (χ1n) is 5.52. The molecule has 0 aliphatic carbocycles. The van der Waals surface area contributed by atoms with Crippen LogP contribution in [0.1, 0.15) is 22.6 Å². The van der Waals surface area contributed by atoms with E-state index in [4.69, 9.17) is 5.11 Å². The Labute approximate surface area is 94.7 Å². The van der Waals surface area contributed by atoms with E-state index in [1.165, 1.54) is 0 Å². The number of aliphatic hydroxyl groups excluding tert-OH is 1. The lowest BCUT2D eigenvalue weighted by atomic mass is 10.1. The van der Waals surface area contributed by atoms with Gasteiger partial charge in [0, 0.05) is 32.7 Å². The molecule has 1 aromatic heterocycles. The van der Waals surface area contributed by atoms with Crippen LogP contribution in [0, 0.1) is 12.8 Å². The molecule has 0 saturated carbocycles. The van der Waals surface area contributed by atoms with E-state index in [2.05, 4.69) is 5.10 Å². The number of aliphatic hydroxyl groups is 1. The fraction of sp³-hybridized carbons (Fsp3) is 0.636. The van der Waals surface area contributed by atoms with Gasteiger partial charge in [0.05, 0.1) is 5.69 Å². The minimum Gasteiger partial charge on any atom is -0.396 e. The standard InChI is InChI=1S/C11H17N3O2/c1-8-5-10(13(2)12-8)11(16)14-4-3-9(6-14)7-15/h5,9,15H,3-4,6-7H2,1-2H3/t9-/m1/s1. The Kier molecular flexibility index (Phi) is 2.96. The molecule has 1 aliphatic rings. The number of rotatable bonds is 2. The van der Waals surface area contributed by atoms with Crippen molar-refractivity contribution in [2.24, 2.45) is 13.0 Å². The fourth-order valence-electron chi connectivity index (χ4n) is 2.14. The highest BCUT2D eigenvalue weighted by Crippen LogP contribution is 2.18. The first-order chi connectivity index (χ1) is 7.61. The van der Waals surface area contributed by atoms with Crippen molar-refractivity contribution >= 4 is 5.91 Å². The summed E-state index contributed by atoms with van der Waals surface area (Å²) in [5, 5.41) is 13.2. The summed E-state index contributed by atoms with van der Waals surface area (Å²) in [6.45, 7) is 3.42. The molecule has 1 amide bonds. The molecule has 5 heteroatoms. The SMILES string of the molecule is Cc1cc(C(=O)N2CC[C@@H](CO)C2)n(C)n1. The first-order valence-corrected chi connectivity index (χ1v) is 5.52. The third-order valence-electron chi connectivity index (χ3n) is 3.05. The van der Waals surface area contributed by atoms with Crippen LogP contribution < -0.4 is 0 Å². The Morgan fingerprint density at radius 3 is 2.94 bits per heavy atom. The van der Waals surface area contributed by atoms with Crippen molar-refractivity contribution < 1.29 is 9.90 Å². The third-order valence-corrected chi connectivity index (χ3v) is 3.05. The monoisotopic (exact) mass is 223 g/mol. The van der Waals surface area contributed by atoms with Gasteiger partial charge in [-0.1, -0.05) is 0 Å². The van der Waals surface area contributed by atoms with Crippen molar-refractivity contribution in [3.63, 3.8) is 0 Å². The Morgan fingerprint density at radius 1 is 1.69 bits per heavy atom. The van der Waals surface area contributed by atoms with Crippen molar-refractivity contribution in [1.82, 2.24) is 14.7 Å². The fourth-order valence-corrected chi connectivity index (χ4v) is 2.14. The summed E-state index contributed by atoms with van der Waals surface area (Å²) < 4.78 is 1.62. The maximum absolute atomic E-state index is 12.1. The Hall–Kier alpha value is -1.36. The van der Waals surface area contributed by atoms with E-state index >= 15 is 0 Å². The van der Waals surface area contributed by atoms with E-state index in [0.29, 0.717) is 12.2 Å². The molecular weight excluding hydrogens is 206 g/mol. The van der Waals surface area contributed by atoms with Gasteiger partial charge in [-0.2, -0.15) is 5.10 Å². The number of carbonyl (C=O) groups excluding carboxylic acids is 1. The molecule has 2 rings (SSSR count). The molecule has 1 N–H and O–H groups in total. The molecule has 16 heavy (non-hydrogen) atoms. The van der Waals surface area contributed by atoms with Crippen LogP contribution in [0.15, 0.2) is 6.07 Å². The van der Waals surface area contributed by atoms with Gasteiger partial charge in [0.15, 0.2) is 0 Å². The Balaban J connectivity index is 2.11. The lowest BCUT2D eigenvalue weighted by molar-refractivity contribution is 0.0771. The quantitative estimate of drug-likeness (QED) is 0.778. The van der Waals surface area contributed by atoms with Crippen LogP contribution in [-0.2, 0) is 7.05 Å². The minimum absolute atomic E-state index is 0.0130. The summed E-state index contributed by atoms with van der Waals surface area (Å²) in [5.74, 6) is 0.248. The van der Waals surface area contributed by atoms with Gasteiger partial charge in [0.25, 0.3) is 5.91 Å². The summed E-state index contributed by atoms with van der Waals surface area (Å²) in [6.07, 6.45) is 0.888. The second-order valence-corrected chi connectivity index (χ2v) is 4.38. The number of carbonyl (C=O) groups is 1. The zero-order chi connectivity index (χ0) is 11.7. The molecular formula is C11H17N3O2. The van der Waals surface area contributed by atoms with Gasteiger partial charge in [-0.3, -0.25) is 9.48 Å². The van der Waals surface area contributed by atoms with E-state index in [9.17, 15) is 4.79 Å². The maximum Gasteiger partial charge on any atom is 0.272 e. The predicted octanol–water partition coefficient (Wildman–Crippen LogP) is 0.183. The molecule has 1 fully saturated rings. The largest absolute Gasteiger partial charge is 0.396 e. The molecule has 0 radical (unpaired) electrons. The van der Waals surface area contributed by atoms with Gasteiger partial charge < -0.3 is 10.0 Å². The lowest BCUT2D eigenvalue weighted by Crippen LogP contribution is -2.30. The number of hydrogen-bond donors (Lipinski definition) is 1. The van der Waals surface area contributed by atoms with E-state index in [1.807, 2.05) is 6.92 Å². The Bertz CT molecular complexity index is 400. The van der Waals surface area contributed by atoms with Gasteiger partial charge in [0.2, 0.25) is 0 Å². The minimum atomic E-state index is 0.0130. The number of hydrogen-bond acceptors (Lipinski definition) is 3. The Morgan fingerprint density at radius 2 is 2.44 bits per heavy atom. The van der Waals surface area contributed by atoms with Crippen LogP contribution in [0.4, 0.5) is 0 Å². The summed E-state index contributed by atoms with van der Waals surface area (Å²) in [7, 11) is 1.78.